The summed E-state index contributed by atoms with van der Waals surface area (Å²) in [6.45, 7) is 1.95. The van der Waals surface area contributed by atoms with Gasteiger partial charge in [-0.1, -0.05) is 17.0 Å². The van der Waals surface area contributed by atoms with E-state index in [9.17, 15) is 9.90 Å². The van der Waals surface area contributed by atoms with Crippen molar-refractivity contribution in [3.8, 4) is 23.2 Å². The molecule has 2 aromatic heterocycles. The Morgan fingerprint density at radius 2 is 2.09 bits per heavy atom. The van der Waals surface area contributed by atoms with E-state index in [4.69, 9.17) is 16.0 Å². The maximum Gasteiger partial charge on any atom is 0.217 e. The number of primary amides is 1. The molecule has 1 amide bonds. The summed E-state index contributed by atoms with van der Waals surface area (Å²) in [5.41, 5.74) is 13.7. The molecule has 3 aromatic rings. The largest absolute Gasteiger partial charge is 0.385 e. The van der Waals surface area contributed by atoms with Gasteiger partial charge in [-0.25, -0.2) is 4.98 Å². The van der Waals surface area contributed by atoms with E-state index in [1.165, 1.54) is 0 Å². The fourth-order valence-electron chi connectivity index (χ4n) is 4.08. The number of imidazole rings is 1. The van der Waals surface area contributed by atoms with Gasteiger partial charge in [-0.3, -0.25) is 4.79 Å². The standard InChI is InChI=1S/C24H27N5O3/c1-15(30)24-27-8-9-29(24)21(14-25)20-13-22(32-28-20)19-6-4-16(5-7-19)2-3-17-10-18(11-17)12-23(26)31/h4-9,13,15,17-18,21,30H,10-12,14,25H2,1H3,(H2,26,31)/t15-,17?,18?,21+/m0/s1. The highest BCUT2D eigenvalue weighted by molar-refractivity contribution is 5.74. The number of rotatable bonds is 7. The van der Waals surface area contributed by atoms with Crippen molar-refractivity contribution in [1.29, 1.82) is 0 Å². The molecule has 1 aromatic carbocycles. The van der Waals surface area contributed by atoms with Gasteiger partial charge in [0.05, 0.1) is 6.04 Å². The van der Waals surface area contributed by atoms with Crippen LogP contribution in [0.15, 0.2) is 47.2 Å². The highest BCUT2D eigenvalue weighted by atomic mass is 16.5. The van der Waals surface area contributed by atoms with Crippen molar-refractivity contribution < 1.29 is 14.4 Å². The van der Waals surface area contributed by atoms with Gasteiger partial charge in [0.1, 0.15) is 17.6 Å². The van der Waals surface area contributed by atoms with Crippen molar-refractivity contribution in [3.05, 3.63) is 59.8 Å². The van der Waals surface area contributed by atoms with E-state index >= 15 is 0 Å². The second-order valence-corrected chi connectivity index (χ2v) is 8.29. The molecule has 5 N–H and O–H groups in total. The van der Waals surface area contributed by atoms with E-state index in [0.717, 1.165) is 24.0 Å². The van der Waals surface area contributed by atoms with Gasteiger partial charge in [0.15, 0.2) is 5.76 Å². The molecule has 0 saturated heterocycles. The van der Waals surface area contributed by atoms with E-state index in [1.54, 1.807) is 19.3 Å². The van der Waals surface area contributed by atoms with Gasteiger partial charge in [0.25, 0.3) is 0 Å². The fourth-order valence-corrected chi connectivity index (χ4v) is 4.08. The number of hydrogen-bond acceptors (Lipinski definition) is 6. The Hall–Kier alpha value is -3.41. The van der Waals surface area contributed by atoms with Crippen LogP contribution in [0.4, 0.5) is 0 Å². The predicted molar refractivity (Wildman–Crippen MR) is 119 cm³/mol. The Balaban J connectivity index is 1.43. The Bertz CT molecular complexity index is 1130. The lowest BCUT2D eigenvalue weighted by atomic mass is 9.73. The number of nitrogens with zero attached hydrogens (tertiary/aromatic N) is 3. The Labute approximate surface area is 186 Å². The summed E-state index contributed by atoms with van der Waals surface area (Å²) in [5.74, 6) is 8.11. The number of aromatic nitrogens is 3. The molecule has 8 nitrogen and oxygen atoms in total. The monoisotopic (exact) mass is 433 g/mol. The topological polar surface area (TPSA) is 133 Å². The number of nitrogens with two attached hydrogens (primary N) is 2. The molecule has 4 rings (SSSR count). The lowest BCUT2D eigenvalue weighted by Gasteiger charge is -2.30. The van der Waals surface area contributed by atoms with Crippen LogP contribution in [0.3, 0.4) is 0 Å². The molecule has 1 aliphatic rings. The number of carbonyl (C=O) groups excluding carboxylic acids is 1. The zero-order valence-electron chi connectivity index (χ0n) is 17.9. The maximum atomic E-state index is 10.9. The summed E-state index contributed by atoms with van der Waals surface area (Å²) in [7, 11) is 0. The predicted octanol–water partition coefficient (Wildman–Crippen LogP) is 2.39. The molecule has 0 unspecified atom stereocenters. The van der Waals surface area contributed by atoms with E-state index in [0.29, 0.717) is 35.5 Å². The average Bonchev–Trinajstić information content (AvgIpc) is 3.41. The lowest BCUT2D eigenvalue weighted by molar-refractivity contribution is -0.119. The minimum Gasteiger partial charge on any atom is -0.385 e. The minimum absolute atomic E-state index is 0.237. The molecular formula is C24H27N5O3. The average molecular weight is 434 g/mol. The van der Waals surface area contributed by atoms with Crippen molar-refractivity contribution in [2.75, 3.05) is 6.54 Å². The number of aliphatic hydroxyl groups is 1. The van der Waals surface area contributed by atoms with Crippen LogP contribution in [0.2, 0.25) is 0 Å². The first-order chi connectivity index (χ1) is 15.4. The van der Waals surface area contributed by atoms with Gasteiger partial charge in [-0.15, -0.1) is 0 Å². The van der Waals surface area contributed by atoms with E-state index in [1.807, 2.05) is 34.9 Å². The molecule has 1 aliphatic carbocycles. The molecule has 8 heteroatoms. The summed E-state index contributed by atoms with van der Waals surface area (Å²) >= 11 is 0. The van der Waals surface area contributed by atoms with E-state index in [-0.39, 0.29) is 18.5 Å². The molecule has 0 spiro atoms. The third-order valence-corrected chi connectivity index (χ3v) is 5.82. The molecule has 0 aliphatic heterocycles. The van der Waals surface area contributed by atoms with Crippen LogP contribution in [0.25, 0.3) is 11.3 Å². The number of benzene rings is 1. The lowest BCUT2D eigenvalue weighted by Crippen LogP contribution is -2.27. The van der Waals surface area contributed by atoms with Crippen LogP contribution in [0.5, 0.6) is 0 Å². The molecule has 1 saturated carbocycles. The van der Waals surface area contributed by atoms with Crippen molar-refractivity contribution >= 4 is 5.91 Å². The molecular weight excluding hydrogens is 406 g/mol. The van der Waals surface area contributed by atoms with Crippen LogP contribution < -0.4 is 11.5 Å². The summed E-state index contributed by atoms with van der Waals surface area (Å²) in [4.78, 5) is 15.2. The summed E-state index contributed by atoms with van der Waals surface area (Å²) in [6.07, 6.45) is 5.02. The van der Waals surface area contributed by atoms with Crippen molar-refractivity contribution in [1.82, 2.24) is 14.7 Å². The van der Waals surface area contributed by atoms with Crippen LogP contribution in [0, 0.1) is 23.7 Å². The second kappa shape index (κ2) is 9.39. The molecule has 32 heavy (non-hydrogen) atoms. The van der Waals surface area contributed by atoms with Gasteiger partial charge in [-0.2, -0.15) is 0 Å². The number of carbonyl (C=O) groups is 1. The molecule has 1 fully saturated rings. The maximum absolute atomic E-state index is 10.9. The zero-order chi connectivity index (χ0) is 22.7. The van der Waals surface area contributed by atoms with Gasteiger partial charge >= 0.3 is 0 Å². The first-order valence-electron chi connectivity index (χ1n) is 10.7. The highest BCUT2D eigenvalue weighted by Crippen LogP contribution is 2.35. The van der Waals surface area contributed by atoms with Crippen LogP contribution >= 0.6 is 0 Å². The van der Waals surface area contributed by atoms with Crippen molar-refractivity contribution in [3.63, 3.8) is 0 Å². The Kier molecular flexibility index (Phi) is 6.40. The Morgan fingerprint density at radius 3 is 2.75 bits per heavy atom. The van der Waals surface area contributed by atoms with Crippen LogP contribution in [-0.2, 0) is 4.79 Å². The Morgan fingerprint density at radius 1 is 1.34 bits per heavy atom. The molecule has 2 atom stereocenters. The number of hydrogen-bond donors (Lipinski definition) is 3. The first-order valence-corrected chi connectivity index (χ1v) is 10.7. The van der Waals surface area contributed by atoms with Gasteiger partial charge < -0.3 is 25.7 Å². The molecule has 0 radical (unpaired) electrons. The van der Waals surface area contributed by atoms with Crippen molar-refractivity contribution in [2.24, 2.45) is 23.3 Å². The van der Waals surface area contributed by atoms with E-state index in [2.05, 4.69) is 22.0 Å². The molecule has 2 heterocycles. The highest BCUT2D eigenvalue weighted by Gasteiger charge is 2.28. The zero-order valence-corrected chi connectivity index (χ0v) is 17.9. The third kappa shape index (κ3) is 4.74. The second-order valence-electron chi connectivity index (χ2n) is 8.29. The summed E-state index contributed by atoms with van der Waals surface area (Å²) in [5, 5.41) is 14.1. The number of aliphatic hydroxyl groups excluding tert-OH is 1. The SMILES string of the molecule is C[C@H](O)c1nccn1[C@H](CN)c1cc(-c2ccc(C#CC3CC(CC(N)=O)C3)cc2)on1. The number of amides is 1. The quantitative estimate of drug-likeness (QED) is 0.490. The van der Waals surface area contributed by atoms with E-state index < -0.39 is 6.10 Å². The molecule has 166 valence electrons. The van der Waals surface area contributed by atoms with Crippen LogP contribution in [0.1, 0.15) is 55.4 Å². The fraction of sp³-hybridized carbons (Fsp3) is 0.375. The third-order valence-electron chi connectivity index (χ3n) is 5.82. The van der Waals surface area contributed by atoms with Gasteiger partial charge in [0, 0.05) is 48.5 Å². The normalized spacial score (nSPS) is 19.5. The molecule has 0 bridgehead atoms. The van der Waals surface area contributed by atoms with Gasteiger partial charge in [0.2, 0.25) is 5.91 Å². The first kappa shape index (κ1) is 21.8. The van der Waals surface area contributed by atoms with Crippen molar-refractivity contribution in [2.45, 2.75) is 38.3 Å². The van der Waals surface area contributed by atoms with Gasteiger partial charge in [-0.05, 0) is 49.9 Å². The summed E-state index contributed by atoms with van der Waals surface area (Å²) in [6, 6.07) is 9.36. The smallest absolute Gasteiger partial charge is 0.217 e. The minimum atomic E-state index is -0.715. The summed E-state index contributed by atoms with van der Waals surface area (Å²) < 4.78 is 7.38. The van der Waals surface area contributed by atoms with Crippen LogP contribution in [-0.4, -0.2) is 32.3 Å².